The highest BCUT2D eigenvalue weighted by atomic mass is 16.7. The number of hydrogen-bond donors (Lipinski definition) is 1. The van der Waals surface area contributed by atoms with E-state index in [4.69, 9.17) is 9.47 Å². The zero-order chi connectivity index (χ0) is 19.0. The third-order valence-corrected chi connectivity index (χ3v) is 5.01. The molecule has 0 unspecified atom stereocenters. The molecule has 27 heavy (non-hydrogen) atoms. The van der Waals surface area contributed by atoms with Crippen molar-refractivity contribution >= 4 is 17.5 Å². The van der Waals surface area contributed by atoms with Crippen LogP contribution in [-0.4, -0.2) is 31.2 Å². The molecule has 1 N–H and O–H groups in total. The van der Waals surface area contributed by atoms with Crippen LogP contribution in [0.2, 0.25) is 0 Å². The third kappa shape index (κ3) is 3.23. The van der Waals surface area contributed by atoms with Crippen LogP contribution in [0.4, 0.5) is 5.69 Å². The number of carbonyl (C=O) groups is 2. The molecule has 0 bridgehead atoms. The average Bonchev–Trinajstić information content (AvgIpc) is 3.31. The second-order valence-electron chi connectivity index (χ2n) is 7.13. The Morgan fingerprint density at radius 2 is 1.85 bits per heavy atom. The Balaban J connectivity index is 1.53. The van der Waals surface area contributed by atoms with Crippen molar-refractivity contribution in [3.63, 3.8) is 0 Å². The van der Waals surface area contributed by atoms with Gasteiger partial charge in [-0.1, -0.05) is 32.0 Å². The smallest absolute Gasteiger partial charge is 0.252 e. The van der Waals surface area contributed by atoms with Gasteiger partial charge in [-0.05, 0) is 42.2 Å². The molecule has 0 saturated heterocycles. The molecule has 0 aromatic heterocycles. The molecule has 2 aliphatic rings. The fourth-order valence-corrected chi connectivity index (χ4v) is 3.51. The van der Waals surface area contributed by atoms with E-state index in [9.17, 15) is 9.59 Å². The van der Waals surface area contributed by atoms with E-state index in [0.29, 0.717) is 23.6 Å². The highest BCUT2D eigenvalue weighted by molar-refractivity contribution is 6.03. The van der Waals surface area contributed by atoms with Gasteiger partial charge in [0.05, 0.1) is 0 Å². The molecule has 2 aromatic carbocycles. The summed E-state index contributed by atoms with van der Waals surface area (Å²) < 4.78 is 10.6. The summed E-state index contributed by atoms with van der Waals surface area (Å²) in [5.74, 6) is 0.750. The van der Waals surface area contributed by atoms with Gasteiger partial charge in [0.1, 0.15) is 6.04 Å². The predicted molar refractivity (Wildman–Crippen MR) is 101 cm³/mol. The maximum atomic E-state index is 13.2. The van der Waals surface area contributed by atoms with Crippen LogP contribution >= 0.6 is 0 Å². The van der Waals surface area contributed by atoms with E-state index in [0.717, 1.165) is 17.7 Å². The van der Waals surface area contributed by atoms with Gasteiger partial charge in [0.15, 0.2) is 11.5 Å². The maximum absolute atomic E-state index is 13.2. The summed E-state index contributed by atoms with van der Waals surface area (Å²) in [7, 11) is 0. The quantitative estimate of drug-likeness (QED) is 0.904. The van der Waals surface area contributed by atoms with Crippen LogP contribution in [-0.2, 0) is 11.2 Å². The molecule has 6 heteroatoms. The monoisotopic (exact) mass is 366 g/mol. The molecule has 0 aliphatic carbocycles. The van der Waals surface area contributed by atoms with E-state index >= 15 is 0 Å². The Hall–Kier alpha value is -3.02. The van der Waals surface area contributed by atoms with Crippen LogP contribution in [0.15, 0.2) is 42.5 Å². The summed E-state index contributed by atoms with van der Waals surface area (Å²) in [6.45, 7) is 4.66. The average molecular weight is 366 g/mol. The van der Waals surface area contributed by atoms with Crippen LogP contribution in [0.1, 0.15) is 29.8 Å². The number of hydrogen-bond acceptors (Lipinski definition) is 4. The van der Waals surface area contributed by atoms with Crippen LogP contribution in [0.25, 0.3) is 0 Å². The van der Waals surface area contributed by atoms with Crippen LogP contribution < -0.4 is 19.7 Å². The van der Waals surface area contributed by atoms with Crippen molar-refractivity contribution in [1.29, 1.82) is 0 Å². The number of nitrogens with one attached hydrogen (secondary N) is 1. The van der Waals surface area contributed by atoms with Gasteiger partial charge in [0.25, 0.3) is 5.91 Å². The number of anilines is 1. The number of carbonyl (C=O) groups excluding carboxylic acids is 2. The Kier molecular flexibility index (Phi) is 4.48. The predicted octanol–water partition coefficient (Wildman–Crippen LogP) is 2.76. The highest BCUT2D eigenvalue weighted by Crippen LogP contribution is 2.33. The lowest BCUT2D eigenvalue weighted by Crippen LogP contribution is -2.51. The summed E-state index contributed by atoms with van der Waals surface area (Å²) in [6, 6.07) is 12.3. The number of rotatable bonds is 4. The number of para-hydroxylation sites is 1. The molecule has 0 spiro atoms. The lowest BCUT2D eigenvalue weighted by molar-refractivity contribution is -0.121. The highest BCUT2D eigenvalue weighted by Gasteiger charge is 2.33. The van der Waals surface area contributed by atoms with Gasteiger partial charge in [0, 0.05) is 17.8 Å². The topological polar surface area (TPSA) is 67.9 Å². The second-order valence-corrected chi connectivity index (χ2v) is 7.13. The van der Waals surface area contributed by atoms with Gasteiger partial charge in [-0.15, -0.1) is 0 Å². The molecule has 6 nitrogen and oxygen atoms in total. The first-order valence-electron chi connectivity index (χ1n) is 9.14. The van der Waals surface area contributed by atoms with Gasteiger partial charge >= 0.3 is 0 Å². The molecule has 2 aromatic rings. The van der Waals surface area contributed by atoms with E-state index in [-0.39, 0.29) is 24.5 Å². The molecular weight excluding hydrogens is 344 g/mol. The largest absolute Gasteiger partial charge is 0.454 e. The minimum Gasteiger partial charge on any atom is -0.454 e. The minimum absolute atomic E-state index is 0.0387. The summed E-state index contributed by atoms with van der Waals surface area (Å²) in [5.41, 5.74) is 2.54. The first kappa shape index (κ1) is 17.4. The SMILES string of the molecule is CC(C)[C@@H](NC(=O)c1ccc2c(c1)OCO2)C(=O)N1CCc2ccccc21. The molecule has 0 saturated carbocycles. The van der Waals surface area contributed by atoms with Crippen LogP contribution in [0.3, 0.4) is 0 Å². The van der Waals surface area contributed by atoms with Gasteiger partial charge in [0.2, 0.25) is 12.7 Å². The standard InChI is InChI=1S/C21H22N2O4/c1-13(2)19(21(25)23-10-9-14-5-3-4-6-16(14)23)22-20(24)15-7-8-17-18(11-15)27-12-26-17/h3-8,11,13,19H,9-10,12H2,1-2H3,(H,22,24)/t19-/m1/s1. The fraction of sp³-hybridized carbons (Fsp3) is 0.333. The minimum atomic E-state index is -0.603. The van der Waals surface area contributed by atoms with Gasteiger partial charge in [-0.25, -0.2) is 0 Å². The van der Waals surface area contributed by atoms with Crippen molar-refractivity contribution in [3.8, 4) is 11.5 Å². The zero-order valence-electron chi connectivity index (χ0n) is 15.4. The van der Waals surface area contributed by atoms with Gasteiger partial charge < -0.3 is 19.7 Å². The van der Waals surface area contributed by atoms with Gasteiger partial charge in [-0.2, -0.15) is 0 Å². The molecule has 2 aliphatic heterocycles. The van der Waals surface area contributed by atoms with Crippen LogP contribution in [0.5, 0.6) is 11.5 Å². The maximum Gasteiger partial charge on any atom is 0.252 e. The molecule has 140 valence electrons. The molecule has 4 rings (SSSR count). The van der Waals surface area contributed by atoms with Crippen molar-refractivity contribution in [2.24, 2.45) is 5.92 Å². The number of fused-ring (bicyclic) bond motifs is 2. The Bertz CT molecular complexity index is 894. The Labute approximate surface area is 158 Å². The first-order chi connectivity index (χ1) is 13.0. The number of benzene rings is 2. The van der Waals surface area contributed by atoms with Crippen molar-refractivity contribution in [2.75, 3.05) is 18.2 Å². The molecule has 0 fully saturated rings. The zero-order valence-corrected chi connectivity index (χ0v) is 15.4. The van der Waals surface area contributed by atoms with Crippen molar-refractivity contribution < 1.29 is 19.1 Å². The normalized spacial score (nSPS) is 15.6. The molecule has 2 heterocycles. The van der Waals surface area contributed by atoms with E-state index < -0.39 is 6.04 Å². The summed E-state index contributed by atoms with van der Waals surface area (Å²) in [5, 5.41) is 2.90. The summed E-state index contributed by atoms with van der Waals surface area (Å²) in [4.78, 5) is 27.7. The molecule has 2 amide bonds. The van der Waals surface area contributed by atoms with E-state index in [1.54, 1.807) is 23.1 Å². The van der Waals surface area contributed by atoms with Crippen LogP contribution in [0, 0.1) is 5.92 Å². The Morgan fingerprint density at radius 3 is 2.67 bits per heavy atom. The first-order valence-corrected chi connectivity index (χ1v) is 9.14. The van der Waals surface area contributed by atoms with E-state index in [1.807, 2.05) is 38.1 Å². The van der Waals surface area contributed by atoms with Crippen molar-refractivity contribution in [2.45, 2.75) is 26.3 Å². The number of ether oxygens (including phenoxy) is 2. The lowest BCUT2D eigenvalue weighted by Gasteiger charge is -2.27. The fourth-order valence-electron chi connectivity index (χ4n) is 3.51. The third-order valence-electron chi connectivity index (χ3n) is 5.01. The summed E-state index contributed by atoms with van der Waals surface area (Å²) in [6.07, 6.45) is 0.836. The molecule has 1 atom stereocenters. The number of amides is 2. The Morgan fingerprint density at radius 1 is 1.07 bits per heavy atom. The van der Waals surface area contributed by atoms with Crippen molar-refractivity contribution in [3.05, 3.63) is 53.6 Å². The number of nitrogens with zero attached hydrogens (tertiary/aromatic N) is 1. The summed E-state index contributed by atoms with van der Waals surface area (Å²) >= 11 is 0. The molecular formula is C21H22N2O4. The molecule has 0 radical (unpaired) electrons. The van der Waals surface area contributed by atoms with E-state index in [1.165, 1.54) is 0 Å². The lowest BCUT2D eigenvalue weighted by atomic mass is 10.0. The van der Waals surface area contributed by atoms with Gasteiger partial charge in [-0.3, -0.25) is 9.59 Å². The second kappa shape index (κ2) is 6.95. The van der Waals surface area contributed by atoms with Crippen molar-refractivity contribution in [1.82, 2.24) is 5.32 Å². The van der Waals surface area contributed by atoms with E-state index in [2.05, 4.69) is 5.32 Å².